The minimum Gasteiger partial charge on any atom is -0.320 e. The van der Waals surface area contributed by atoms with E-state index in [4.69, 9.17) is 23.2 Å². The van der Waals surface area contributed by atoms with Crippen molar-refractivity contribution in [2.75, 3.05) is 5.32 Å². The minimum atomic E-state index is -0.553. The Hall–Kier alpha value is -2.29. The number of carbonyl (C=O) groups is 1. The smallest absolute Gasteiger partial charge is 0.266 e. The highest BCUT2D eigenvalue weighted by Gasteiger charge is 2.17. The molecule has 2 rings (SSSR count). The lowest BCUT2D eigenvalue weighted by Crippen LogP contribution is -2.13. The molecule has 0 aliphatic carbocycles. The number of nitrogens with zero attached hydrogens (tertiary/aromatic N) is 3. The fourth-order valence-corrected chi connectivity index (χ4v) is 2.72. The molecule has 7 heteroatoms. The summed E-state index contributed by atoms with van der Waals surface area (Å²) in [5.41, 5.74) is 1.58. The zero-order valence-electron chi connectivity index (χ0n) is 14.2. The van der Waals surface area contributed by atoms with Gasteiger partial charge in [-0.05, 0) is 31.1 Å². The van der Waals surface area contributed by atoms with Crippen molar-refractivity contribution in [3.05, 3.63) is 51.3 Å². The first-order valence-corrected chi connectivity index (χ1v) is 8.49. The van der Waals surface area contributed by atoms with Crippen molar-refractivity contribution in [2.24, 2.45) is 5.92 Å². The maximum Gasteiger partial charge on any atom is 0.266 e. The second-order valence-electron chi connectivity index (χ2n) is 5.97. The molecule has 1 amide bonds. The number of aromatic nitrogens is 2. The third-order valence-electron chi connectivity index (χ3n) is 3.42. The highest BCUT2D eigenvalue weighted by atomic mass is 35.5. The number of carbonyl (C=O) groups excluding carboxylic acids is 1. The van der Waals surface area contributed by atoms with Crippen molar-refractivity contribution in [2.45, 2.75) is 27.3 Å². The highest BCUT2D eigenvalue weighted by Crippen LogP contribution is 2.25. The Kier molecular flexibility index (Phi) is 6.24. The molecule has 2 aromatic rings. The summed E-state index contributed by atoms with van der Waals surface area (Å²) in [6, 6.07) is 8.72. The predicted octanol–water partition coefficient (Wildman–Crippen LogP) is 4.70. The van der Waals surface area contributed by atoms with Crippen molar-refractivity contribution in [1.82, 2.24) is 9.78 Å². The number of aryl methyl sites for hydroxylation is 1. The summed E-state index contributed by atoms with van der Waals surface area (Å²) < 4.78 is 1.67. The van der Waals surface area contributed by atoms with Crippen molar-refractivity contribution < 1.29 is 4.79 Å². The van der Waals surface area contributed by atoms with Gasteiger partial charge in [-0.3, -0.25) is 9.48 Å². The first kappa shape index (κ1) is 19.0. The summed E-state index contributed by atoms with van der Waals surface area (Å²) in [5.74, 6) is -0.185. The van der Waals surface area contributed by atoms with Gasteiger partial charge in [-0.15, -0.1) is 0 Å². The van der Waals surface area contributed by atoms with Crippen LogP contribution >= 0.6 is 23.2 Å². The van der Waals surface area contributed by atoms with Gasteiger partial charge in [0, 0.05) is 12.1 Å². The van der Waals surface area contributed by atoms with Crippen LogP contribution in [0.2, 0.25) is 10.2 Å². The Morgan fingerprint density at radius 1 is 1.40 bits per heavy atom. The van der Waals surface area contributed by atoms with Crippen LogP contribution in [-0.2, 0) is 11.3 Å². The zero-order valence-corrected chi connectivity index (χ0v) is 15.7. The molecule has 0 atom stereocenters. The number of nitriles is 1. The molecule has 0 aliphatic rings. The Labute approximate surface area is 156 Å². The lowest BCUT2D eigenvalue weighted by molar-refractivity contribution is -0.112. The number of hydrogen-bond donors (Lipinski definition) is 1. The normalized spacial score (nSPS) is 11.5. The second kappa shape index (κ2) is 8.19. The SMILES string of the molecule is Cc1nn(CC(C)C)c(Cl)c1/C=C(\C#N)C(=O)Nc1ccccc1Cl. The van der Waals surface area contributed by atoms with Crippen molar-refractivity contribution in [1.29, 1.82) is 5.26 Å². The summed E-state index contributed by atoms with van der Waals surface area (Å²) in [6.45, 7) is 6.55. The molecule has 5 nitrogen and oxygen atoms in total. The highest BCUT2D eigenvalue weighted by molar-refractivity contribution is 6.34. The monoisotopic (exact) mass is 376 g/mol. The zero-order chi connectivity index (χ0) is 18.6. The third kappa shape index (κ3) is 4.62. The van der Waals surface area contributed by atoms with Gasteiger partial charge in [0.2, 0.25) is 0 Å². The van der Waals surface area contributed by atoms with Gasteiger partial charge >= 0.3 is 0 Å². The molecule has 0 unspecified atom stereocenters. The number of amides is 1. The van der Waals surface area contributed by atoms with E-state index in [1.165, 1.54) is 6.08 Å². The Bertz CT molecular complexity index is 862. The topological polar surface area (TPSA) is 70.7 Å². The molecule has 1 N–H and O–H groups in total. The number of halogens is 2. The van der Waals surface area contributed by atoms with Crippen molar-refractivity contribution >= 4 is 40.9 Å². The molecule has 130 valence electrons. The number of para-hydroxylation sites is 1. The van der Waals surface area contributed by atoms with Crippen LogP contribution in [0.5, 0.6) is 0 Å². The molecule has 0 saturated heterocycles. The second-order valence-corrected chi connectivity index (χ2v) is 6.73. The van der Waals surface area contributed by atoms with Crippen molar-refractivity contribution in [3.63, 3.8) is 0 Å². The predicted molar refractivity (Wildman–Crippen MR) is 100 cm³/mol. The lowest BCUT2D eigenvalue weighted by atomic mass is 10.1. The van der Waals surface area contributed by atoms with Crippen LogP contribution in [0.25, 0.3) is 6.08 Å². The molecule has 1 heterocycles. The number of rotatable bonds is 5. The fourth-order valence-electron chi connectivity index (χ4n) is 2.24. The van der Waals surface area contributed by atoms with E-state index in [0.717, 1.165) is 0 Å². The van der Waals surface area contributed by atoms with Gasteiger partial charge in [0.05, 0.1) is 16.4 Å². The number of benzene rings is 1. The van der Waals surface area contributed by atoms with Gasteiger partial charge in [-0.1, -0.05) is 49.2 Å². The molecule has 0 radical (unpaired) electrons. The van der Waals surface area contributed by atoms with Crippen LogP contribution < -0.4 is 5.32 Å². The van der Waals surface area contributed by atoms with Crippen LogP contribution in [0.4, 0.5) is 5.69 Å². The van der Waals surface area contributed by atoms with Crippen LogP contribution in [0.15, 0.2) is 29.8 Å². The van der Waals surface area contributed by atoms with Crippen LogP contribution in [0.3, 0.4) is 0 Å². The number of hydrogen-bond acceptors (Lipinski definition) is 3. The van der Waals surface area contributed by atoms with Gasteiger partial charge in [0.1, 0.15) is 16.8 Å². The molecule has 25 heavy (non-hydrogen) atoms. The van der Waals surface area contributed by atoms with E-state index in [1.807, 2.05) is 6.07 Å². The largest absolute Gasteiger partial charge is 0.320 e. The van der Waals surface area contributed by atoms with E-state index in [9.17, 15) is 10.1 Å². The molecule has 1 aromatic heterocycles. The molecule has 0 bridgehead atoms. The maximum atomic E-state index is 12.4. The molecule has 0 spiro atoms. The molecular formula is C18H18Cl2N4O. The Balaban J connectivity index is 2.32. The summed E-state index contributed by atoms with van der Waals surface area (Å²) in [6.07, 6.45) is 1.45. The van der Waals surface area contributed by atoms with E-state index in [1.54, 1.807) is 35.9 Å². The molecule has 1 aromatic carbocycles. The van der Waals surface area contributed by atoms with E-state index >= 15 is 0 Å². The first-order valence-electron chi connectivity index (χ1n) is 7.74. The standard InChI is InChI=1S/C18H18Cl2N4O/c1-11(2)10-24-17(20)14(12(3)23-24)8-13(9-21)18(25)22-16-7-5-4-6-15(16)19/h4-8,11H,10H2,1-3H3,(H,22,25)/b13-8+. The average molecular weight is 377 g/mol. The summed E-state index contributed by atoms with van der Waals surface area (Å²) in [5, 5.41) is 17.2. The number of anilines is 1. The van der Waals surface area contributed by atoms with E-state index in [0.29, 0.717) is 39.6 Å². The molecule has 0 aliphatic heterocycles. The summed E-state index contributed by atoms with van der Waals surface area (Å²) in [4.78, 5) is 12.4. The Morgan fingerprint density at radius 3 is 2.68 bits per heavy atom. The molecule has 0 saturated carbocycles. The summed E-state index contributed by atoms with van der Waals surface area (Å²) >= 11 is 12.4. The first-order chi connectivity index (χ1) is 11.8. The third-order valence-corrected chi connectivity index (χ3v) is 4.15. The lowest BCUT2D eigenvalue weighted by Gasteiger charge is -2.06. The Morgan fingerprint density at radius 2 is 2.08 bits per heavy atom. The van der Waals surface area contributed by atoms with E-state index in [-0.39, 0.29) is 5.57 Å². The average Bonchev–Trinajstić information content (AvgIpc) is 2.80. The molecular weight excluding hydrogens is 359 g/mol. The van der Waals surface area contributed by atoms with Crippen molar-refractivity contribution in [3.8, 4) is 6.07 Å². The minimum absolute atomic E-state index is 0.0750. The van der Waals surface area contributed by atoms with Crippen LogP contribution in [0, 0.1) is 24.2 Å². The maximum absolute atomic E-state index is 12.4. The van der Waals surface area contributed by atoms with Gasteiger partial charge < -0.3 is 5.32 Å². The fraction of sp³-hybridized carbons (Fsp3) is 0.278. The quantitative estimate of drug-likeness (QED) is 0.607. The van der Waals surface area contributed by atoms with Crippen LogP contribution in [-0.4, -0.2) is 15.7 Å². The van der Waals surface area contributed by atoms with Crippen LogP contribution in [0.1, 0.15) is 25.1 Å². The van der Waals surface area contributed by atoms with Gasteiger partial charge in [0.15, 0.2) is 0 Å². The van der Waals surface area contributed by atoms with Gasteiger partial charge in [0.25, 0.3) is 5.91 Å². The van der Waals surface area contributed by atoms with E-state index < -0.39 is 5.91 Å². The number of nitrogens with one attached hydrogen (secondary N) is 1. The van der Waals surface area contributed by atoms with E-state index in [2.05, 4.69) is 24.3 Å². The molecule has 0 fully saturated rings. The van der Waals surface area contributed by atoms with Gasteiger partial charge in [-0.2, -0.15) is 10.4 Å². The summed E-state index contributed by atoms with van der Waals surface area (Å²) in [7, 11) is 0. The van der Waals surface area contributed by atoms with Gasteiger partial charge in [-0.25, -0.2) is 0 Å².